The van der Waals surface area contributed by atoms with Gasteiger partial charge in [0.05, 0.1) is 5.92 Å². The smallest absolute Gasteiger partial charge is 0.308 e. The molecule has 0 saturated carbocycles. The van der Waals surface area contributed by atoms with Gasteiger partial charge in [-0.25, -0.2) is 0 Å². The summed E-state index contributed by atoms with van der Waals surface area (Å²) in [4.78, 5) is 24.3. The molecule has 0 spiro atoms. The van der Waals surface area contributed by atoms with Crippen molar-refractivity contribution in [2.45, 2.75) is 53.0 Å². The summed E-state index contributed by atoms with van der Waals surface area (Å²) in [6, 6.07) is 0.112. The van der Waals surface area contributed by atoms with E-state index in [1.54, 1.807) is 11.8 Å². The second kappa shape index (κ2) is 7.25. The van der Waals surface area contributed by atoms with E-state index in [1.807, 2.05) is 20.8 Å². The highest BCUT2D eigenvalue weighted by Gasteiger charge is 2.23. The molecule has 4 heteroatoms. The molecule has 0 saturated heterocycles. The molecule has 0 fully saturated rings. The number of carbonyl (C=O) groups excluding carboxylic acids is 1. The zero-order chi connectivity index (χ0) is 12.7. The van der Waals surface area contributed by atoms with Gasteiger partial charge in [0.15, 0.2) is 0 Å². The largest absolute Gasteiger partial charge is 0.481 e. The molecule has 2 atom stereocenters. The standard InChI is InChI=1S/C12H23NO3/c1-5-7-11(14)13(10(4)6-2)8-9(3)12(15)16/h9-10H,5-8H2,1-4H3,(H,15,16). The lowest BCUT2D eigenvalue weighted by Crippen LogP contribution is -2.42. The van der Waals surface area contributed by atoms with Crippen LogP contribution in [0.15, 0.2) is 0 Å². The van der Waals surface area contributed by atoms with Gasteiger partial charge in [-0.15, -0.1) is 0 Å². The minimum Gasteiger partial charge on any atom is -0.481 e. The van der Waals surface area contributed by atoms with Crippen LogP contribution in [0.4, 0.5) is 0 Å². The Labute approximate surface area is 97.6 Å². The summed E-state index contributed by atoms with van der Waals surface area (Å²) < 4.78 is 0. The number of carbonyl (C=O) groups is 2. The van der Waals surface area contributed by atoms with E-state index in [-0.39, 0.29) is 11.9 Å². The molecule has 1 N–H and O–H groups in total. The molecular formula is C12H23NO3. The number of rotatable bonds is 7. The van der Waals surface area contributed by atoms with Crippen molar-refractivity contribution in [3.05, 3.63) is 0 Å². The van der Waals surface area contributed by atoms with Crippen LogP contribution >= 0.6 is 0 Å². The van der Waals surface area contributed by atoms with Crippen LogP contribution in [0, 0.1) is 5.92 Å². The van der Waals surface area contributed by atoms with Crippen molar-refractivity contribution in [1.82, 2.24) is 4.90 Å². The Morgan fingerprint density at radius 1 is 1.25 bits per heavy atom. The second-order valence-electron chi connectivity index (χ2n) is 4.29. The molecule has 0 aromatic heterocycles. The third kappa shape index (κ3) is 4.64. The fourth-order valence-electron chi connectivity index (χ4n) is 1.48. The van der Waals surface area contributed by atoms with Crippen LogP contribution < -0.4 is 0 Å². The predicted octanol–water partition coefficient (Wildman–Crippen LogP) is 2.13. The minimum atomic E-state index is -0.849. The number of nitrogens with zero attached hydrogens (tertiary/aromatic N) is 1. The van der Waals surface area contributed by atoms with E-state index in [1.165, 1.54) is 0 Å². The van der Waals surface area contributed by atoms with Crippen molar-refractivity contribution in [3.63, 3.8) is 0 Å². The van der Waals surface area contributed by atoms with E-state index in [9.17, 15) is 9.59 Å². The summed E-state index contributed by atoms with van der Waals surface area (Å²) >= 11 is 0. The highest BCUT2D eigenvalue weighted by atomic mass is 16.4. The quantitative estimate of drug-likeness (QED) is 0.727. The lowest BCUT2D eigenvalue weighted by atomic mass is 10.1. The van der Waals surface area contributed by atoms with E-state index in [4.69, 9.17) is 5.11 Å². The van der Waals surface area contributed by atoms with Crippen molar-refractivity contribution < 1.29 is 14.7 Å². The fourth-order valence-corrected chi connectivity index (χ4v) is 1.48. The first kappa shape index (κ1) is 14.9. The van der Waals surface area contributed by atoms with Crippen LogP contribution in [0.3, 0.4) is 0 Å². The molecule has 94 valence electrons. The first-order valence-corrected chi connectivity index (χ1v) is 5.96. The van der Waals surface area contributed by atoms with Crippen molar-refractivity contribution in [2.75, 3.05) is 6.54 Å². The Morgan fingerprint density at radius 2 is 1.81 bits per heavy atom. The summed E-state index contributed by atoms with van der Waals surface area (Å²) in [5, 5.41) is 8.86. The number of carboxylic acid groups (broad SMARTS) is 1. The molecule has 4 nitrogen and oxygen atoms in total. The van der Waals surface area contributed by atoms with Crippen LogP contribution in [0.25, 0.3) is 0 Å². The molecule has 0 aliphatic rings. The average molecular weight is 229 g/mol. The third-order valence-corrected chi connectivity index (χ3v) is 2.80. The van der Waals surface area contributed by atoms with Crippen LogP contribution in [-0.4, -0.2) is 34.5 Å². The molecule has 0 aliphatic carbocycles. The molecule has 0 aromatic rings. The van der Waals surface area contributed by atoms with Gasteiger partial charge in [0.1, 0.15) is 0 Å². The van der Waals surface area contributed by atoms with Crippen molar-refractivity contribution in [2.24, 2.45) is 5.92 Å². The maximum atomic E-state index is 11.8. The Bertz CT molecular complexity index is 240. The number of hydrogen-bond donors (Lipinski definition) is 1. The lowest BCUT2D eigenvalue weighted by Gasteiger charge is -2.30. The Hall–Kier alpha value is -1.06. The summed E-state index contributed by atoms with van der Waals surface area (Å²) in [5.74, 6) is -1.29. The number of carboxylic acids is 1. The Kier molecular flexibility index (Phi) is 6.77. The van der Waals surface area contributed by atoms with Crippen molar-refractivity contribution >= 4 is 11.9 Å². The number of amides is 1. The molecular weight excluding hydrogens is 206 g/mol. The zero-order valence-electron chi connectivity index (χ0n) is 10.7. The fraction of sp³-hybridized carbons (Fsp3) is 0.833. The Morgan fingerprint density at radius 3 is 2.19 bits per heavy atom. The summed E-state index contributed by atoms with van der Waals surface area (Å²) in [7, 11) is 0. The number of hydrogen-bond acceptors (Lipinski definition) is 2. The first-order chi connectivity index (χ1) is 7.43. The first-order valence-electron chi connectivity index (χ1n) is 5.96. The molecule has 0 heterocycles. The minimum absolute atomic E-state index is 0.0601. The maximum Gasteiger partial charge on any atom is 0.308 e. The zero-order valence-corrected chi connectivity index (χ0v) is 10.7. The predicted molar refractivity (Wildman–Crippen MR) is 63.2 cm³/mol. The van der Waals surface area contributed by atoms with Crippen LogP contribution in [0.5, 0.6) is 0 Å². The third-order valence-electron chi connectivity index (χ3n) is 2.80. The van der Waals surface area contributed by atoms with Gasteiger partial charge in [0.25, 0.3) is 0 Å². The average Bonchev–Trinajstić information content (AvgIpc) is 2.24. The molecule has 1 amide bonds. The summed E-state index contributed by atoms with van der Waals surface area (Å²) in [5.41, 5.74) is 0. The van der Waals surface area contributed by atoms with Crippen molar-refractivity contribution in [3.8, 4) is 0 Å². The van der Waals surface area contributed by atoms with Crippen LogP contribution in [0.1, 0.15) is 47.0 Å². The normalized spacial score (nSPS) is 14.2. The van der Waals surface area contributed by atoms with Gasteiger partial charge in [-0.2, -0.15) is 0 Å². The Balaban J connectivity index is 4.54. The van der Waals surface area contributed by atoms with E-state index >= 15 is 0 Å². The topological polar surface area (TPSA) is 57.6 Å². The van der Waals surface area contributed by atoms with Gasteiger partial charge in [0.2, 0.25) is 5.91 Å². The van der Waals surface area contributed by atoms with Crippen molar-refractivity contribution in [1.29, 1.82) is 0 Å². The molecule has 0 aromatic carbocycles. The van der Waals surface area contributed by atoms with E-state index < -0.39 is 11.9 Å². The van der Waals surface area contributed by atoms with Gasteiger partial charge in [-0.3, -0.25) is 9.59 Å². The highest BCUT2D eigenvalue weighted by Crippen LogP contribution is 2.11. The maximum absolute atomic E-state index is 11.8. The van der Waals surface area contributed by atoms with E-state index in [0.717, 1.165) is 12.8 Å². The number of aliphatic carboxylic acids is 1. The SMILES string of the molecule is CCCC(=O)N(CC(C)C(=O)O)C(C)CC. The lowest BCUT2D eigenvalue weighted by molar-refractivity contribution is -0.143. The molecule has 16 heavy (non-hydrogen) atoms. The molecule has 0 bridgehead atoms. The van der Waals surface area contributed by atoms with Gasteiger partial charge < -0.3 is 10.0 Å². The van der Waals surface area contributed by atoms with Crippen LogP contribution in [0.2, 0.25) is 0 Å². The second-order valence-corrected chi connectivity index (χ2v) is 4.29. The van der Waals surface area contributed by atoms with Gasteiger partial charge in [-0.1, -0.05) is 20.8 Å². The molecule has 0 radical (unpaired) electrons. The van der Waals surface area contributed by atoms with E-state index in [0.29, 0.717) is 13.0 Å². The van der Waals surface area contributed by atoms with E-state index in [2.05, 4.69) is 0 Å². The van der Waals surface area contributed by atoms with Gasteiger partial charge >= 0.3 is 5.97 Å². The molecule has 0 rings (SSSR count). The molecule has 0 aliphatic heterocycles. The molecule has 2 unspecified atom stereocenters. The highest BCUT2D eigenvalue weighted by molar-refractivity contribution is 5.77. The van der Waals surface area contributed by atoms with Gasteiger partial charge in [0, 0.05) is 19.0 Å². The monoisotopic (exact) mass is 229 g/mol. The summed E-state index contributed by atoms with van der Waals surface area (Å²) in [6.07, 6.45) is 2.14. The summed E-state index contributed by atoms with van der Waals surface area (Å²) in [6.45, 7) is 7.86. The van der Waals surface area contributed by atoms with Crippen LogP contribution in [-0.2, 0) is 9.59 Å². The van der Waals surface area contributed by atoms with Gasteiger partial charge in [-0.05, 0) is 19.8 Å².